The summed E-state index contributed by atoms with van der Waals surface area (Å²) in [5, 5.41) is 2.67. The zero-order valence-electron chi connectivity index (χ0n) is 14.9. The molecule has 0 saturated heterocycles. The molecule has 0 spiro atoms. The van der Waals surface area contributed by atoms with Crippen molar-refractivity contribution in [3.05, 3.63) is 30.2 Å². The SMILES string of the molecule is CCCN(CCC)C(=O)C(CCC(N)=O)NC(=O)C=Cc1ccco1. The van der Waals surface area contributed by atoms with Gasteiger partial charge in [0.15, 0.2) is 0 Å². The minimum absolute atomic E-state index is 0.0324. The molecule has 1 heterocycles. The van der Waals surface area contributed by atoms with Gasteiger partial charge in [0.1, 0.15) is 11.8 Å². The minimum Gasteiger partial charge on any atom is -0.465 e. The first-order valence-electron chi connectivity index (χ1n) is 8.57. The number of nitrogens with zero attached hydrogens (tertiary/aromatic N) is 1. The van der Waals surface area contributed by atoms with Crippen LogP contribution in [0.3, 0.4) is 0 Å². The zero-order valence-corrected chi connectivity index (χ0v) is 14.9. The molecule has 0 aromatic carbocycles. The van der Waals surface area contributed by atoms with Crippen LogP contribution in [0, 0.1) is 0 Å². The lowest BCUT2D eigenvalue weighted by Gasteiger charge is -2.27. The maximum absolute atomic E-state index is 12.7. The summed E-state index contributed by atoms with van der Waals surface area (Å²) in [5.41, 5.74) is 5.19. The predicted octanol–water partition coefficient (Wildman–Crippen LogP) is 1.69. The van der Waals surface area contributed by atoms with Crippen molar-refractivity contribution >= 4 is 23.8 Å². The highest BCUT2D eigenvalue weighted by Gasteiger charge is 2.25. The molecule has 0 saturated carbocycles. The van der Waals surface area contributed by atoms with Gasteiger partial charge in [0.2, 0.25) is 17.7 Å². The van der Waals surface area contributed by atoms with E-state index in [1.54, 1.807) is 17.0 Å². The lowest BCUT2D eigenvalue weighted by atomic mass is 10.1. The smallest absolute Gasteiger partial charge is 0.245 e. The van der Waals surface area contributed by atoms with E-state index in [4.69, 9.17) is 10.2 Å². The molecule has 138 valence electrons. The van der Waals surface area contributed by atoms with Crippen LogP contribution in [-0.4, -0.2) is 41.8 Å². The molecule has 1 aromatic heterocycles. The Morgan fingerprint density at radius 3 is 2.48 bits per heavy atom. The van der Waals surface area contributed by atoms with Gasteiger partial charge in [-0.3, -0.25) is 14.4 Å². The fraction of sp³-hybridized carbons (Fsp3) is 0.500. The quantitative estimate of drug-likeness (QED) is 0.593. The number of hydrogen-bond donors (Lipinski definition) is 2. The second-order valence-electron chi connectivity index (χ2n) is 5.74. The summed E-state index contributed by atoms with van der Waals surface area (Å²) in [6.07, 6.45) is 6.17. The number of carbonyl (C=O) groups excluding carboxylic acids is 3. The van der Waals surface area contributed by atoms with Crippen molar-refractivity contribution in [3.8, 4) is 0 Å². The van der Waals surface area contributed by atoms with Crippen LogP contribution in [0.1, 0.15) is 45.3 Å². The molecule has 1 unspecified atom stereocenters. The standard InChI is InChI=1S/C18H27N3O4/c1-3-11-21(12-4-2)18(24)15(8-9-16(19)22)20-17(23)10-7-14-6-5-13-25-14/h5-7,10,13,15H,3-4,8-9,11-12H2,1-2H3,(H2,19,22)(H,20,23). The molecule has 0 aliphatic heterocycles. The first-order chi connectivity index (χ1) is 12.0. The maximum atomic E-state index is 12.7. The van der Waals surface area contributed by atoms with E-state index < -0.39 is 17.9 Å². The third-order valence-electron chi connectivity index (χ3n) is 3.53. The first kappa shape index (κ1) is 20.5. The Balaban J connectivity index is 2.77. The van der Waals surface area contributed by atoms with E-state index in [1.807, 2.05) is 13.8 Å². The number of primary amides is 1. The second kappa shape index (κ2) is 11.1. The Morgan fingerprint density at radius 2 is 1.96 bits per heavy atom. The van der Waals surface area contributed by atoms with E-state index >= 15 is 0 Å². The Labute approximate surface area is 148 Å². The van der Waals surface area contributed by atoms with Crippen LogP contribution < -0.4 is 11.1 Å². The number of hydrogen-bond acceptors (Lipinski definition) is 4. The molecule has 1 rings (SSSR count). The maximum Gasteiger partial charge on any atom is 0.245 e. The molecule has 1 atom stereocenters. The van der Waals surface area contributed by atoms with Gasteiger partial charge in [0, 0.05) is 25.6 Å². The molecule has 3 amide bonds. The van der Waals surface area contributed by atoms with Gasteiger partial charge >= 0.3 is 0 Å². The summed E-state index contributed by atoms with van der Waals surface area (Å²) in [7, 11) is 0. The monoisotopic (exact) mass is 349 g/mol. The summed E-state index contributed by atoms with van der Waals surface area (Å²) in [6.45, 7) is 5.19. The van der Waals surface area contributed by atoms with Crippen molar-refractivity contribution in [2.45, 2.75) is 45.6 Å². The van der Waals surface area contributed by atoms with E-state index in [2.05, 4.69) is 5.32 Å². The Hall–Kier alpha value is -2.57. The number of furan rings is 1. The average Bonchev–Trinajstić information content (AvgIpc) is 3.09. The van der Waals surface area contributed by atoms with Crippen molar-refractivity contribution in [2.75, 3.05) is 13.1 Å². The van der Waals surface area contributed by atoms with Crippen LogP contribution in [0.2, 0.25) is 0 Å². The van der Waals surface area contributed by atoms with E-state index in [0.717, 1.165) is 12.8 Å². The fourth-order valence-electron chi connectivity index (χ4n) is 2.40. The highest BCUT2D eigenvalue weighted by Crippen LogP contribution is 2.06. The van der Waals surface area contributed by atoms with Crippen molar-refractivity contribution in [3.63, 3.8) is 0 Å². The molecule has 0 aliphatic carbocycles. The molecule has 3 N–H and O–H groups in total. The molecule has 0 fully saturated rings. The van der Waals surface area contributed by atoms with E-state index in [9.17, 15) is 14.4 Å². The van der Waals surface area contributed by atoms with Gasteiger partial charge < -0.3 is 20.4 Å². The van der Waals surface area contributed by atoms with Crippen LogP contribution in [0.15, 0.2) is 28.9 Å². The van der Waals surface area contributed by atoms with Crippen LogP contribution in [0.5, 0.6) is 0 Å². The number of nitrogens with one attached hydrogen (secondary N) is 1. The zero-order chi connectivity index (χ0) is 18.7. The summed E-state index contributed by atoms with van der Waals surface area (Å²) < 4.78 is 5.11. The van der Waals surface area contributed by atoms with E-state index in [1.165, 1.54) is 18.4 Å². The molecule has 1 aromatic rings. The fourth-order valence-corrected chi connectivity index (χ4v) is 2.40. The summed E-state index contributed by atoms with van der Waals surface area (Å²) in [4.78, 5) is 37.6. The molecular formula is C18H27N3O4. The minimum atomic E-state index is -0.778. The second-order valence-corrected chi connectivity index (χ2v) is 5.74. The van der Waals surface area contributed by atoms with Crippen LogP contribution in [0.25, 0.3) is 6.08 Å². The van der Waals surface area contributed by atoms with Gasteiger partial charge in [-0.1, -0.05) is 13.8 Å². The Bertz CT molecular complexity index is 575. The number of carbonyl (C=O) groups is 3. The highest BCUT2D eigenvalue weighted by atomic mass is 16.3. The summed E-state index contributed by atoms with van der Waals surface area (Å²) >= 11 is 0. The van der Waals surface area contributed by atoms with Crippen molar-refractivity contribution in [2.24, 2.45) is 5.73 Å². The van der Waals surface area contributed by atoms with Crippen molar-refractivity contribution in [1.82, 2.24) is 10.2 Å². The summed E-state index contributed by atoms with van der Waals surface area (Å²) in [5.74, 6) is -0.582. The van der Waals surface area contributed by atoms with Gasteiger partial charge in [-0.05, 0) is 37.5 Å². The average molecular weight is 349 g/mol. The van der Waals surface area contributed by atoms with Crippen molar-refractivity contribution in [1.29, 1.82) is 0 Å². The van der Waals surface area contributed by atoms with Crippen LogP contribution >= 0.6 is 0 Å². The Kier molecular flexibility index (Phi) is 9.06. The molecule has 7 heteroatoms. The normalized spacial score (nSPS) is 12.1. The lowest BCUT2D eigenvalue weighted by molar-refractivity contribution is -0.136. The topological polar surface area (TPSA) is 106 Å². The van der Waals surface area contributed by atoms with Crippen LogP contribution in [0.4, 0.5) is 0 Å². The highest BCUT2D eigenvalue weighted by molar-refractivity contribution is 5.95. The molecule has 7 nitrogen and oxygen atoms in total. The molecule has 0 radical (unpaired) electrons. The van der Waals surface area contributed by atoms with Crippen LogP contribution in [-0.2, 0) is 14.4 Å². The predicted molar refractivity (Wildman–Crippen MR) is 95.3 cm³/mol. The van der Waals surface area contributed by atoms with Crippen molar-refractivity contribution < 1.29 is 18.8 Å². The van der Waals surface area contributed by atoms with E-state index in [0.29, 0.717) is 18.8 Å². The summed E-state index contributed by atoms with van der Waals surface area (Å²) in [6, 6.07) is 2.65. The van der Waals surface area contributed by atoms with Gasteiger partial charge in [0.25, 0.3) is 0 Å². The number of amides is 3. The third kappa shape index (κ3) is 7.69. The molecule has 0 aliphatic rings. The largest absolute Gasteiger partial charge is 0.465 e. The third-order valence-corrected chi connectivity index (χ3v) is 3.53. The van der Waals surface area contributed by atoms with Gasteiger partial charge in [0.05, 0.1) is 6.26 Å². The molecule has 0 bridgehead atoms. The van der Waals surface area contributed by atoms with E-state index in [-0.39, 0.29) is 18.7 Å². The molecular weight excluding hydrogens is 322 g/mol. The molecule has 25 heavy (non-hydrogen) atoms. The first-order valence-corrected chi connectivity index (χ1v) is 8.57. The number of rotatable bonds is 11. The van der Waals surface area contributed by atoms with Gasteiger partial charge in [-0.15, -0.1) is 0 Å². The van der Waals surface area contributed by atoms with Gasteiger partial charge in [-0.25, -0.2) is 0 Å². The Morgan fingerprint density at radius 1 is 1.28 bits per heavy atom. The van der Waals surface area contributed by atoms with Gasteiger partial charge in [-0.2, -0.15) is 0 Å². The lowest BCUT2D eigenvalue weighted by Crippen LogP contribution is -2.49. The number of nitrogens with two attached hydrogens (primary N) is 1.